The number of carboxylic acids is 1. The Morgan fingerprint density at radius 2 is 2.00 bits per heavy atom. The van der Waals surface area contributed by atoms with Gasteiger partial charge in [0.15, 0.2) is 0 Å². The minimum absolute atomic E-state index is 0.218. The number of amides is 1. The highest BCUT2D eigenvalue weighted by Crippen LogP contribution is 2.21. The van der Waals surface area contributed by atoms with Gasteiger partial charge in [-0.2, -0.15) is 5.10 Å². The number of carbonyl (C=O) groups is 2. The molecule has 3 rings (SSSR count). The van der Waals surface area contributed by atoms with Gasteiger partial charge in [0.2, 0.25) is 0 Å². The summed E-state index contributed by atoms with van der Waals surface area (Å²) in [5.41, 5.74) is 2.16. The van der Waals surface area contributed by atoms with Gasteiger partial charge < -0.3 is 10.4 Å². The van der Waals surface area contributed by atoms with Crippen molar-refractivity contribution in [2.75, 3.05) is 0 Å². The topological polar surface area (TPSA) is 108 Å². The average molecular weight is 389 g/mol. The Morgan fingerprint density at radius 3 is 2.71 bits per heavy atom. The number of nitrogens with one attached hydrogen (secondary N) is 2. The zero-order valence-electron chi connectivity index (χ0n) is 12.4. The van der Waals surface area contributed by atoms with Crippen LogP contribution in [-0.2, 0) is 4.79 Å². The maximum Gasteiger partial charge on any atom is 0.305 e. The van der Waals surface area contributed by atoms with Gasteiger partial charge in [-0.15, -0.1) is 0 Å². The van der Waals surface area contributed by atoms with Gasteiger partial charge in [0.05, 0.1) is 29.7 Å². The van der Waals surface area contributed by atoms with Crippen molar-refractivity contribution in [2.24, 2.45) is 0 Å². The minimum atomic E-state index is -0.996. The molecule has 0 spiro atoms. The zero-order chi connectivity index (χ0) is 17.1. The Bertz CT molecular complexity index is 892. The van der Waals surface area contributed by atoms with Crippen LogP contribution in [-0.4, -0.2) is 32.2 Å². The number of fused-ring (bicyclic) bond motifs is 1. The van der Waals surface area contributed by atoms with Crippen LogP contribution in [0.1, 0.15) is 28.4 Å². The number of H-pyrrole nitrogens is 1. The van der Waals surface area contributed by atoms with E-state index in [9.17, 15) is 9.59 Å². The van der Waals surface area contributed by atoms with Crippen molar-refractivity contribution in [1.82, 2.24) is 20.5 Å². The largest absolute Gasteiger partial charge is 0.481 e. The van der Waals surface area contributed by atoms with Crippen LogP contribution in [0.3, 0.4) is 0 Å². The van der Waals surface area contributed by atoms with E-state index >= 15 is 0 Å². The van der Waals surface area contributed by atoms with Crippen molar-refractivity contribution < 1.29 is 14.7 Å². The fourth-order valence-electron chi connectivity index (χ4n) is 2.40. The van der Waals surface area contributed by atoms with Crippen molar-refractivity contribution >= 4 is 38.8 Å². The molecule has 0 unspecified atom stereocenters. The van der Waals surface area contributed by atoms with E-state index < -0.39 is 12.0 Å². The van der Waals surface area contributed by atoms with E-state index in [-0.39, 0.29) is 12.3 Å². The number of aromatic amines is 1. The van der Waals surface area contributed by atoms with Gasteiger partial charge >= 0.3 is 5.97 Å². The molecule has 1 aromatic carbocycles. The predicted molar refractivity (Wildman–Crippen MR) is 90.5 cm³/mol. The summed E-state index contributed by atoms with van der Waals surface area (Å²) in [6.07, 6.45) is 2.82. The van der Waals surface area contributed by atoms with Gasteiger partial charge in [-0.25, -0.2) is 0 Å². The SMILES string of the molecule is O=C(O)C[C@@H](NC(=O)c1ccnc2cn[nH]c12)c1ccc(Br)cc1. The predicted octanol–water partition coefficient (Wildman–Crippen LogP) is 2.67. The molecule has 8 heteroatoms. The average Bonchev–Trinajstić information content (AvgIpc) is 3.03. The summed E-state index contributed by atoms with van der Waals surface area (Å²) in [6, 6.07) is 8.07. The Hall–Kier alpha value is -2.74. The number of aromatic nitrogens is 3. The van der Waals surface area contributed by atoms with Crippen molar-refractivity contribution in [3.05, 3.63) is 58.3 Å². The molecule has 2 aromatic heterocycles. The summed E-state index contributed by atoms with van der Waals surface area (Å²) in [5.74, 6) is -1.38. The highest BCUT2D eigenvalue weighted by atomic mass is 79.9. The molecule has 0 saturated heterocycles. The molecule has 0 bridgehead atoms. The number of aliphatic carboxylic acids is 1. The van der Waals surface area contributed by atoms with Crippen molar-refractivity contribution in [3.63, 3.8) is 0 Å². The summed E-state index contributed by atoms with van der Waals surface area (Å²) in [5, 5.41) is 18.5. The van der Waals surface area contributed by atoms with Gasteiger partial charge in [0, 0.05) is 10.7 Å². The van der Waals surface area contributed by atoms with Gasteiger partial charge in [0.1, 0.15) is 5.52 Å². The van der Waals surface area contributed by atoms with Gasteiger partial charge in [-0.05, 0) is 23.8 Å². The second-order valence-electron chi connectivity index (χ2n) is 5.16. The summed E-state index contributed by atoms with van der Waals surface area (Å²) in [7, 11) is 0. The Labute approximate surface area is 145 Å². The highest BCUT2D eigenvalue weighted by Gasteiger charge is 2.20. The first-order chi connectivity index (χ1) is 11.5. The lowest BCUT2D eigenvalue weighted by molar-refractivity contribution is -0.137. The van der Waals surface area contributed by atoms with Gasteiger partial charge in [-0.1, -0.05) is 28.1 Å². The number of carboxylic acid groups (broad SMARTS) is 1. The van der Waals surface area contributed by atoms with E-state index in [2.05, 4.69) is 36.4 Å². The van der Waals surface area contributed by atoms with E-state index in [0.29, 0.717) is 22.2 Å². The van der Waals surface area contributed by atoms with Crippen molar-refractivity contribution in [2.45, 2.75) is 12.5 Å². The van der Waals surface area contributed by atoms with Crippen LogP contribution in [0.2, 0.25) is 0 Å². The summed E-state index contributed by atoms with van der Waals surface area (Å²) < 4.78 is 0.875. The lowest BCUT2D eigenvalue weighted by Crippen LogP contribution is -2.30. The number of nitrogens with zero attached hydrogens (tertiary/aromatic N) is 2. The number of halogens is 1. The Kier molecular flexibility index (Phi) is 4.57. The molecule has 122 valence electrons. The molecule has 24 heavy (non-hydrogen) atoms. The third-order valence-electron chi connectivity index (χ3n) is 3.54. The van der Waals surface area contributed by atoms with E-state index in [4.69, 9.17) is 5.11 Å². The zero-order valence-corrected chi connectivity index (χ0v) is 13.9. The molecular weight excluding hydrogens is 376 g/mol. The standard InChI is InChI=1S/C16H13BrN4O3/c17-10-3-1-9(2-4-10)12(7-14(22)23)20-16(24)11-5-6-18-13-8-19-21-15(11)13/h1-6,8,12H,7H2,(H,19,21)(H,20,24)(H,22,23)/t12-/m1/s1. The fourth-order valence-corrected chi connectivity index (χ4v) is 2.66. The molecule has 0 fully saturated rings. The minimum Gasteiger partial charge on any atom is -0.481 e. The quantitative estimate of drug-likeness (QED) is 0.622. The lowest BCUT2D eigenvalue weighted by atomic mass is 10.0. The molecule has 0 saturated carbocycles. The van der Waals surface area contributed by atoms with Gasteiger partial charge in [-0.3, -0.25) is 19.7 Å². The van der Waals surface area contributed by atoms with Crippen LogP contribution in [0.4, 0.5) is 0 Å². The Balaban J connectivity index is 1.89. The van der Waals surface area contributed by atoms with Crippen LogP contribution in [0.25, 0.3) is 11.0 Å². The van der Waals surface area contributed by atoms with Crippen molar-refractivity contribution in [3.8, 4) is 0 Å². The van der Waals surface area contributed by atoms with Crippen LogP contribution < -0.4 is 5.32 Å². The molecule has 3 N–H and O–H groups in total. The van der Waals surface area contributed by atoms with Crippen LogP contribution >= 0.6 is 15.9 Å². The van der Waals surface area contributed by atoms with Crippen molar-refractivity contribution in [1.29, 1.82) is 0 Å². The molecule has 2 heterocycles. The van der Waals surface area contributed by atoms with Crippen LogP contribution in [0, 0.1) is 0 Å². The Morgan fingerprint density at radius 1 is 1.25 bits per heavy atom. The van der Waals surface area contributed by atoms with Crippen LogP contribution in [0.15, 0.2) is 47.2 Å². The molecule has 0 aliphatic heterocycles. The van der Waals surface area contributed by atoms with E-state index in [0.717, 1.165) is 4.47 Å². The fraction of sp³-hybridized carbons (Fsp3) is 0.125. The maximum atomic E-state index is 12.6. The van der Waals surface area contributed by atoms with Gasteiger partial charge in [0.25, 0.3) is 5.91 Å². The third kappa shape index (κ3) is 3.43. The molecule has 0 aliphatic rings. The maximum absolute atomic E-state index is 12.6. The molecular formula is C16H13BrN4O3. The first-order valence-electron chi connectivity index (χ1n) is 7.11. The van der Waals surface area contributed by atoms with E-state index in [1.165, 1.54) is 12.4 Å². The molecule has 1 amide bonds. The summed E-state index contributed by atoms with van der Waals surface area (Å²) in [6.45, 7) is 0. The molecule has 7 nitrogen and oxygen atoms in total. The smallest absolute Gasteiger partial charge is 0.305 e. The first kappa shape index (κ1) is 16.1. The normalized spacial score (nSPS) is 12.0. The molecule has 0 radical (unpaired) electrons. The number of hydrogen-bond donors (Lipinski definition) is 3. The van der Waals surface area contributed by atoms with E-state index in [1.807, 2.05) is 0 Å². The molecule has 0 aliphatic carbocycles. The second kappa shape index (κ2) is 6.79. The first-order valence-corrected chi connectivity index (χ1v) is 7.90. The lowest BCUT2D eigenvalue weighted by Gasteiger charge is -2.18. The third-order valence-corrected chi connectivity index (χ3v) is 4.07. The van der Waals surface area contributed by atoms with E-state index in [1.54, 1.807) is 30.3 Å². The number of benzene rings is 1. The highest BCUT2D eigenvalue weighted by molar-refractivity contribution is 9.10. The number of carbonyl (C=O) groups excluding carboxylic acids is 1. The van der Waals surface area contributed by atoms with Crippen LogP contribution in [0.5, 0.6) is 0 Å². The molecule has 1 atom stereocenters. The number of hydrogen-bond acceptors (Lipinski definition) is 4. The monoisotopic (exact) mass is 388 g/mol. The number of pyridine rings is 1. The summed E-state index contributed by atoms with van der Waals surface area (Å²) in [4.78, 5) is 27.9. The summed E-state index contributed by atoms with van der Waals surface area (Å²) >= 11 is 3.33. The number of rotatable bonds is 5. The molecule has 3 aromatic rings. The second-order valence-corrected chi connectivity index (χ2v) is 6.08.